The van der Waals surface area contributed by atoms with E-state index in [9.17, 15) is 13.2 Å². The highest BCUT2D eigenvalue weighted by atomic mass is 32.1. The molecule has 0 saturated carbocycles. The van der Waals surface area contributed by atoms with Crippen molar-refractivity contribution in [1.29, 1.82) is 0 Å². The first-order valence-corrected chi connectivity index (χ1v) is 6.65. The van der Waals surface area contributed by atoms with E-state index in [1.807, 2.05) is 19.9 Å². The van der Waals surface area contributed by atoms with Gasteiger partial charge in [-0.1, -0.05) is 19.9 Å². The molecule has 2 aromatic rings. The van der Waals surface area contributed by atoms with E-state index in [1.165, 1.54) is 0 Å². The van der Waals surface area contributed by atoms with Gasteiger partial charge in [0.25, 0.3) is 5.82 Å². The molecular formula is C13H14F3N3S. The van der Waals surface area contributed by atoms with E-state index in [-0.39, 0.29) is 0 Å². The zero-order valence-electron chi connectivity index (χ0n) is 11.1. The third-order valence-corrected chi connectivity index (χ3v) is 3.45. The molecule has 0 aliphatic rings. The normalized spacial score (nSPS) is 11.9. The molecule has 0 N–H and O–H groups in total. The third-order valence-electron chi connectivity index (χ3n) is 3.03. The largest absolute Gasteiger partial charge is 0.453 e. The van der Waals surface area contributed by atoms with Gasteiger partial charge in [-0.2, -0.15) is 13.2 Å². The summed E-state index contributed by atoms with van der Waals surface area (Å²) in [5.74, 6) is -1.14. The fourth-order valence-corrected chi connectivity index (χ4v) is 2.31. The highest BCUT2D eigenvalue weighted by Gasteiger charge is 2.36. The number of rotatable bonds is 3. The summed E-state index contributed by atoms with van der Waals surface area (Å²) in [6.45, 7) is 3.95. The molecule has 2 rings (SSSR count). The summed E-state index contributed by atoms with van der Waals surface area (Å²) >= 11 is 4.36. The van der Waals surface area contributed by atoms with Gasteiger partial charge in [0.2, 0.25) is 0 Å². The summed E-state index contributed by atoms with van der Waals surface area (Å²) in [5, 5.41) is 3.50. The van der Waals surface area contributed by atoms with Gasteiger partial charge in [0, 0.05) is 4.90 Å². The summed E-state index contributed by atoms with van der Waals surface area (Å²) in [6, 6.07) is 3.68. The van der Waals surface area contributed by atoms with Crippen LogP contribution in [0.5, 0.6) is 0 Å². The molecule has 0 bridgehead atoms. The Bertz CT molecular complexity index is 620. The zero-order chi connectivity index (χ0) is 14.9. The second-order valence-corrected chi connectivity index (χ2v) is 4.81. The minimum absolute atomic E-state index is 0.581. The van der Waals surface area contributed by atoms with Crippen molar-refractivity contribution in [3.63, 3.8) is 0 Å². The molecule has 0 radical (unpaired) electrons. The Labute approximate surface area is 120 Å². The van der Waals surface area contributed by atoms with Crippen molar-refractivity contribution < 1.29 is 13.2 Å². The number of thiol groups is 1. The Hall–Kier alpha value is -1.50. The van der Waals surface area contributed by atoms with Crippen LogP contribution in [0.15, 0.2) is 23.4 Å². The van der Waals surface area contributed by atoms with Crippen LogP contribution in [0.2, 0.25) is 0 Å². The standard InChI is InChI=1S/C13H14F3N3S/c1-3-8-5-9(4-2)11(20)6-10(8)19-7-17-12(18-19)13(14,15)16/h5-7,20H,3-4H2,1-2H3. The summed E-state index contributed by atoms with van der Waals surface area (Å²) in [4.78, 5) is 4.05. The molecule has 7 heteroatoms. The maximum absolute atomic E-state index is 12.5. The summed E-state index contributed by atoms with van der Waals surface area (Å²) in [7, 11) is 0. The first-order valence-electron chi connectivity index (χ1n) is 6.20. The smallest absolute Gasteiger partial charge is 0.220 e. The van der Waals surface area contributed by atoms with Crippen molar-refractivity contribution in [2.75, 3.05) is 0 Å². The highest BCUT2D eigenvalue weighted by molar-refractivity contribution is 7.80. The summed E-state index contributed by atoms with van der Waals surface area (Å²) in [6.07, 6.45) is -1.95. The number of halogens is 3. The van der Waals surface area contributed by atoms with Crippen LogP contribution in [0.25, 0.3) is 5.69 Å². The van der Waals surface area contributed by atoms with Crippen molar-refractivity contribution in [2.24, 2.45) is 0 Å². The maximum Gasteiger partial charge on any atom is 0.453 e. The minimum atomic E-state index is -4.54. The van der Waals surface area contributed by atoms with E-state index < -0.39 is 12.0 Å². The first kappa shape index (κ1) is 14.9. The van der Waals surface area contributed by atoms with Gasteiger partial charge in [-0.3, -0.25) is 0 Å². The SMILES string of the molecule is CCc1cc(CC)c(-n2cnc(C(F)(F)F)n2)cc1S. The van der Waals surface area contributed by atoms with Crippen LogP contribution in [-0.2, 0) is 19.0 Å². The van der Waals surface area contributed by atoms with Gasteiger partial charge < -0.3 is 0 Å². The minimum Gasteiger partial charge on any atom is -0.220 e. The maximum atomic E-state index is 12.5. The predicted molar refractivity (Wildman–Crippen MR) is 72.4 cm³/mol. The van der Waals surface area contributed by atoms with Gasteiger partial charge in [-0.25, -0.2) is 9.67 Å². The van der Waals surface area contributed by atoms with E-state index in [1.54, 1.807) is 6.07 Å². The Kier molecular flexibility index (Phi) is 4.08. The number of nitrogens with zero attached hydrogens (tertiary/aromatic N) is 3. The number of aryl methyl sites for hydroxylation is 2. The molecule has 0 saturated heterocycles. The molecule has 0 amide bonds. The Morgan fingerprint density at radius 2 is 1.80 bits per heavy atom. The molecule has 0 atom stereocenters. The van der Waals surface area contributed by atoms with Crippen molar-refractivity contribution >= 4 is 12.6 Å². The van der Waals surface area contributed by atoms with E-state index in [0.717, 1.165) is 33.5 Å². The molecule has 0 unspecified atom stereocenters. The Morgan fingerprint density at radius 3 is 2.30 bits per heavy atom. The van der Waals surface area contributed by atoms with Crippen LogP contribution in [0.1, 0.15) is 30.8 Å². The van der Waals surface area contributed by atoms with Crippen molar-refractivity contribution in [1.82, 2.24) is 14.8 Å². The summed E-state index contributed by atoms with van der Waals surface area (Å²) in [5.41, 5.74) is 2.56. The quantitative estimate of drug-likeness (QED) is 0.876. The Balaban J connectivity index is 2.52. The van der Waals surface area contributed by atoms with Crippen molar-refractivity contribution in [2.45, 2.75) is 37.8 Å². The molecule has 0 spiro atoms. The zero-order valence-corrected chi connectivity index (χ0v) is 12.0. The van der Waals surface area contributed by atoms with Crippen LogP contribution in [0.4, 0.5) is 13.2 Å². The van der Waals surface area contributed by atoms with Crippen LogP contribution < -0.4 is 0 Å². The fourth-order valence-electron chi connectivity index (χ4n) is 1.96. The van der Waals surface area contributed by atoms with E-state index in [4.69, 9.17) is 0 Å². The van der Waals surface area contributed by atoms with Crippen LogP contribution in [0, 0.1) is 0 Å². The lowest BCUT2D eigenvalue weighted by Crippen LogP contribution is -2.09. The van der Waals surface area contributed by atoms with Gasteiger partial charge >= 0.3 is 6.18 Å². The predicted octanol–water partition coefficient (Wildman–Crippen LogP) is 3.70. The van der Waals surface area contributed by atoms with Crippen molar-refractivity contribution in [3.8, 4) is 5.69 Å². The lowest BCUT2D eigenvalue weighted by molar-refractivity contribution is -0.144. The third kappa shape index (κ3) is 2.82. The lowest BCUT2D eigenvalue weighted by atomic mass is 10.0. The first-order chi connectivity index (χ1) is 9.36. The van der Waals surface area contributed by atoms with E-state index in [2.05, 4.69) is 22.7 Å². The number of hydrogen-bond acceptors (Lipinski definition) is 3. The van der Waals surface area contributed by atoms with Crippen LogP contribution >= 0.6 is 12.6 Å². The average molecular weight is 301 g/mol. The molecule has 20 heavy (non-hydrogen) atoms. The molecule has 1 aromatic heterocycles. The molecule has 0 fully saturated rings. The lowest BCUT2D eigenvalue weighted by Gasteiger charge is -2.12. The second kappa shape index (κ2) is 5.47. The average Bonchev–Trinajstić information content (AvgIpc) is 2.87. The van der Waals surface area contributed by atoms with Gasteiger partial charge in [0.05, 0.1) is 5.69 Å². The van der Waals surface area contributed by atoms with Gasteiger partial charge in [0.15, 0.2) is 0 Å². The number of alkyl halides is 3. The van der Waals surface area contributed by atoms with E-state index >= 15 is 0 Å². The number of hydrogen-bond donors (Lipinski definition) is 1. The Morgan fingerprint density at radius 1 is 1.15 bits per heavy atom. The molecular weight excluding hydrogens is 287 g/mol. The fraction of sp³-hybridized carbons (Fsp3) is 0.385. The van der Waals surface area contributed by atoms with Gasteiger partial charge in [-0.05, 0) is 30.0 Å². The monoisotopic (exact) mass is 301 g/mol. The second-order valence-electron chi connectivity index (χ2n) is 4.33. The molecule has 3 nitrogen and oxygen atoms in total. The molecule has 0 aliphatic carbocycles. The van der Waals surface area contributed by atoms with E-state index in [0.29, 0.717) is 12.1 Å². The highest BCUT2D eigenvalue weighted by Crippen LogP contribution is 2.28. The van der Waals surface area contributed by atoms with Crippen LogP contribution in [-0.4, -0.2) is 14.8 Å². The summed E-state index contributed by atoms with van der Waals surface area (Å²) < 4.78 is 38.8. The number of benzene rings is 1. The molecule has 108 valence electrons. The molecule has 0 aliphatic heterocycles. The molecule has 1 heterocycles. The van der Waals surface area contributed by atoms with Crippen LogP contribution in [0.3, 0.4) is 0 Å². The van der Waals surface area contributed by atoms with Gasteiger partial charge in [-0.15, -0.1) is 17.7 Å². The topological polar surface area (TPSA) is 30.7 Å². The van der Waals surface area contributed by atoms with Gasteiger partial charge in [0.1, 0.15) is 6.33 Å². The van der Waals surface area contributed by atoms with Crippen molar-refractivity contribution in [3.05, 3.63) is 35.4 Å². The number of aromatic nitrogens is 3. The molecule has 1 aromatic carbocycles.